The molecule has 2 saturated heterocycles. The number of likely N-dealkylation sites (tertiary alicyclic amines) is 1. The Morgan fingerprint density at radius 3 is 2.85 bits per heavy atom. The fraction of sp³-hybridized carbons (Fsp3) is 0.474. The van der Waals surface area contributed by atoms with Crippen molar-refractivity contribution in [3.05, 3.63) is 41.7 Å². The first-order chi connectivity index (χ1) is 12.1. The van der Waals surface area contributed by atoms with Gasteiger partial charge in [0.05, 0.1) is 7.11 Å². The van der Waals surface area contributed by atoms with Crippen LogP contribution in [-0.4, -0.2) is 52.9 Å². The molecule has 140 valence electrons. The van der Waals surface area contributed by atoms with E-state index in [2.05, 4.69) is 10.4 Å². The first kappa shape index (κ1) is 18.7. The lowest BCUT2D eigenvalue weighted by molar-refractivity contribution is 0.0741. The number of carbonyl (C=O) groups is 1. The summed E-state index contributed by atoms with van der Waals surface area (Å²) in [6, 6.07) is 8.71. The molecule has 2 aromatic rings. The molecular weight excluding hydrogens is 352 g/mol. The van der Waals surface area contributed by atoms with Crippen LogP contribution in [-0.2, 0) is 0 Å². The molecule has 2 bridgehead atoms. The van der Waals surface area contributed by atoms with Crippen LogP contribution in [0.15, 0.2) is 30.5 Å². The van der Waals surface area contributed by atoms with Gasteiger partial charge in [-0.3, -0.25) is 4.79 Å². The minimum atomic E-state index is 0. The lowest BCUT2D eigenvalue weighted by Crippen LogP contribution is -2.39. The molecule has 0 aliphatic carbocycles. The molecule has 2 unspecified atom stereocenters. The molecule has 7 heteroatoms. The summed E-state index contributed by atoms with van der Waals surface area (Å²) in [5.74, 6) is 0.753. The van der Waals surface area contributed by atoms with Gasteiger partial charge >= 0.3 is 0 Å². The Bertz CT molecular complexity index is 792. The van der Waals surface area contributed by atoms with E-state index < -0.39 is 0 Å². The Labute approximate surface area is 159 Å². The molecule has 0 radical (unpaired) electrons. The highest BCUT2D eigenvalue weighted by atomic mass is 35.5. The van der Waals surface area contributed by atoms with Gasteiger partial charge in [0.15, 0.2) is 5.69 Å². The zero-order valence-electron chi connectivity index (χ0n) is 15.1. The second-order valence-corrected chi connectivity index (χ2v) is 7.00. The maximum atomic E-state index is 12.9. The molecule has 4 rings (SSSR count). The average molecular weight is 377 g/mol. The Morgan fingerprint density at radius 2 is 2.04 bits per heavy atom. The van der Waals surface area contributed by atoms with Crippen molar-refractivity contribution < 1.29 is 9.53 Å². The van der Waals surface area contributed by atoms with Gasteiger partial charge in [0, 0.05) is 31.4 Å². The number of ether oxygens (including phenoxy) is 1. The van der Waals surface area contributed by atoms with Crippen molar-refractivity contribution in [3.63, 3.8) is 0 Å². The van der Waals surface area contributed by atoms with E-state index in [1.807, 2.05) is 36.2 Å². The number of amides is 1. The van der Waals surface area contributed by atoms with Crippen molar-refractivity contribution >= 4 is 18.3 Å². The van der Waals surface area contributed by atoms with E-state index in [9.17, 15) is 4.79 Å². The standard InChI is InChI=1S/C19H24N4O2.ClH/c1-13-3-6-18(25-2)17(11-13)23-10-8-16(21-23)19(24)22-9-7-14-4-5-15(12-22)20-14;/h3,6,8,10-11,14-15,20H,4-5,7,9,12H2,1-2H3;1H. The summed E-state index contributed by atoms with van der Waals surface area (Å²) >= 11 is 0. The molecule has 2 atom stereocenters. The monoisotopic (exact) mass is 376 g/mol. The molecule has 3 heterocycles. The molecule has 26 heavy (non-hydrogen) atoms. The van der Waals surface area contributed by atoms with Crippen LogP contribution in [0.1, 0.15) is 35.3 Å². The number of carbonyl (C=O) groups excluding carboxylic acids is 1. The molecule has 1 aromatic carbocycles. The number of rotatable bonds is 3. The van der Waals surface area contributed by atoms with Gasteiger partial charge in [-0.1, -0.05) is 6.07 Å². The number of nitrogens with zero attached hydrogens (tertiary/aromatic N) is 3. The summed E-state index contributed by atoms with van der Waals surface area (Å²) < 4.78 is 7.15. The molecule has 0 saturated carbocycles. The summed E-state index contributed by atoms with van der Waals surface area (Å²) in [6.45, 7) is 3.60. The van der Waals surface area contributed by atoms with Gasteiger partial charge in [0.1, 0.15) is 11.4 Å². The molecule has 0 spiro atoms. The molecule has 1 aromatic heterocycles. The summed E-state index contributed by atoms with van der Waals surface area (Å²) in [4.78, 5) is 14.8. The molecule has 2 aliphatic heterocycles. The number of nitrogens with one attached hydrogen (secondary N) is 1. The lowest BCUT2D eigenvalue weighted by Gasteiger charge is -2.23. The molecule has 2 fully saturated rings. The molecule has 1 amide bonds. The fourth-order valence-electron chi connectivity index (χ4n) is 3.84. The van der Waals surface area contributed by atoms with Crippen molar-refractivity contribution in [1.29, 1.82) is 0 Å². The van der Waals surface area contributed by atoms with E-state index in [-0.39, 0.29) is 18.3 Å². The van der Waals surface area contributed by atoms with Gasteiger partial charge in [-0.05, 0) is 49.9 Å². The average Bonchev–Trinajstić information content (AvgIpc) is 3.21. The predicted octanol–water partition coefficient (Wildman–Crippen LogP) is 2.58. The molecule has 6 nitrogen and oxygen atoms in total. The van der Waals surface area contributed by atoms with E-state index >= 15 is 0 Å². The first-order valence-corrected chi connectivity index (χ1v) is 8.90. The van der Waals surface area contributed by atoms with Gasteiger partial charge in [0.25, 0.3) is 5.91 Å². The second kappa shape index (κ2) is 7.68. The smallest absolute Gasteiger partial charge is 0.274 e. The van der Waals surface area contributed by atoms with Crippen LogP contribution in [0.4, 0.5) is 0 Å². The highest BCUT2D eigenvalue weighted by Gasteiger charge is 2.32. The van der Waals surface area contributed by atoms with Crippen LogP contribution in [0.3, 0.4) is 0 Å². The van der Waals surface area contributed by atoms with Crippen molar-refractivity contribution in [2.24, 2.45) is 0 Å². The Hall–Kier alpha value is -2.05. The van der Waals surface area contributed by atoms with Crippen LogP contribution in [0.5, 0.6) is 5.75 Å². The minimum absolute atomic E-state index is 0. The maximum absolute atomic E-state index is 12.9. The number of hydrogen-bond donors (Lipinski definition) is 1. The number of aromatic nitrogens is 2. The van der Waals surface area contributed by atoms with Crippen LogP contribution >= 0.6 is 12.4 Å². The quantitative estimate of drug-likeness (QED) is 0.894. The summed E-state index contributed by atoms with van der Waals surface area (Å²) in [6.07, 6.45) is 5.24. The minimum Gasteiger partial charge on any atom is -0.494 e. The zero-order valence-corrected chi connectivity index (χ0v) is 16.0. The topological polar surface area (TPSA) is 59.4 Å². The summed E-state index contributed by atoms with van der Waals surface area (Å²) in [5, 5.41) is 8.13. The Morgan fingerprint density at radius 1 is 1.23 bits per heavy atom. The van der Waals surface area contributed by atoms with Crippen LogP contribution < -0.4 is 10.1 Å². The number of fused-ring (bicyclic) bond motifs is 2. The van der Waals surface area contributed by atoms with E-state index in [1.165, 1.54) is 6.42 Å². The van der Waals surface area contributed by atoms with Crippen molar-refractivity contribution in [2.45, 2.75) is 38.3 Å². The van der Waals surface area contributed by atoms with Crippen molar-refractivity contribution in [3.8, 4) is 11.4 Å². The summed E-state index contributed by atoms with van der Waals surface area (Å²) in [5.41, 5.74) is 2.45. The first-order valence-electron chi connectivity index (χ1n) is 8.90. The largest absolute Gasteiger partial charge is 0.494 e. The molecule has 2 aliphatic rings. The lowest BCUT2D eigenvalue weighted by atomic mass is 10.1. The molecule has 1 N–H and O–H groups in total. The highest BCUT2D eigenvalue weighted by molar-refractivity contribution is 5.92. The van der Waals surface area contributed by atoms with Crippen LogP contribution in [0.2, 0.25) is 0 Å². The SMILES string of the molecule is COc1ccc(C)cc1-n1ccc(C(=O)N2CCC3CCC(C2)N3)n1.Cl. The van der Waals surface area contributed by atoms with Crippen molar-refractivity contribution in [1.82, 2.24) is 20.0 Å². The number of hydrogen-bond acceptors (Lipinski definition) is 4. The van der Waals surface area contributed by atoms with E-state index in [0.717, 1.165) is 42.9 Å². The van der Waals surface area contributed by atoms with Gasteiger partial charge in [0.2, 0.25) is 0 Å². The maximum Gasteiger partial charge on any atom is 0.274 e. The van der Waals surface area contributed by atoms with Crippen LogP contribution in [0.25, 0.3) is 5.69 Å². The van der Waals surface area contributed by atoms with Gasteiger partial charge in [-0.15, -0.1) is 12.4 Å². The number of benzene rings is 1. The van der Waals surface area contributed by atoms with E-state index in [4.69, 9.17) is 4.74 Å². The van der Waals surface area contributed by atoms with Crippen LogP contribution in [0, 0.1) is 6.92 Å². The van der Waals surface area contributed by atoms with Gasteiger partial charge in [-0.2, -0.15) is 5.10 Å². The zero-order chi connectivity index (χ0) is 17.4. The third-order valence-corrected chi connectivity index (χ3v) is 5.20. The number of halogens is 1. The third kappa shape index (κ3) is 3.57. The fourth-order valence-corrected chi connectivity index (χ4v) is 3.84. The third-order valence-electron chi connectivity index (χ3n) is 5.20. The Kier molecular flexibility index (Phi) is 5.53. The van der Waals surface area contributed by atoms with E-state index in [0.29, 0.717) is 17.8 Å². The second-order valence-electron chi connectivity index (χ2n) is 7.00. The normalized spacial score (nSPS) is 21.8. The predicted molar refractivity (Wildman–Crippen MR) is 103 cm³/mol. The number of methoxy groups -OCH3 is 1. The summed E-state index contributed by atoms with van der Waals surface area (Å²) in [7, 11) is 1.64. The Balaban J connectivity index is 0.00000196. The van der Waals surface area contributed by atoms with Gasteiger partial charge in [-0.25, -0.2) is 4.68 Å². The highest BCUT2D eigenvalue weighted by Crippen LogP contribution is 2.24. The van der Waals surface area contributed by atoms with E-state index in [1.54, 1.807) is 17.9 Å². The number of aryl methyl sites for hydroxylation is 1. The van der Waals surface area contributed by atoms with Crippen molar-refractivity contribution in [2.75, 3.05) is 20.2 Å². The van der Waals surface area contributed by atoms with Gasteiger partial charge < -0.3 is 15.0 Å². The molecular formula is C19H25ClN4O2.